The van der Waals surface area contributed by atoms with E-state index in [0.29, 0.717) is 29.2 Å². The Labute approximate surface area is 173 Å². The maximum absolute atomic E-state index is 13.1. The molecule has 1 unspecified atom stereocenters. The van der Waals surface area contributed by atoms with Crippen molar-refractivity contribution in [2.24, 2.45) is 0 Å². The standard InChI is InChI=1S/C22H20N6O2/c23-13-18(21-27-26-19-9-2-1-3-11-28(19)21)20(29)15-6-4-8-17(12-15)25-22(30)16-7-5-10-24-14-16/h4-8,10,12,14,18H,1-3,9,11H2,(H,25,30). The number of aromatic nitrogens is 4. The zero-order chi connectivity index (χ0) is 20.9. The van der Waals surface area contributed by atoms with Crippen LogP contribution in [0.15, 0.2) is 48.8 Å². The average molecular weight is 400 g/mol. The molecule has 1 aliphatic rings. The van der Waals surface area contributed by atoms with Gasteiger partial charge in [-0.1, -0.05) is 18.6 Å². The molecule has 2 aromatic heterocycles. The zero-order valence-electron chi connectivity index (χ0n) is 16.3. The molecule has 8 nitrogen and oxygen atoms in total. The number of carbonyl (C=O) groups excluding carboxylic acids is 2. The lowest BCUT2D eigenvalue weighted by molar-refractivity contribution is 0.0972. The van der Waals surface area contributed by atoms with E-state index in [1.165, 1.54) is 6.20 Å². The van der Waals surface area contributed by atoms with E-state index in [-0.39, 0.29) is 11.7 Å². The maximum atomic E-state index is 13.1. The van der Waals surface area contributed by atoms with Crippen LogP contribution in [0.1, 0.15) is 57.5 Å². The van der Waals surface area contributed by atoms with Crippen molar-refractivity contribution >= 4 is 17.4 Å². The molecule has 30 heavy (non-hydrogen) atoms. The van der Waals surface area contributed by atoms with Gasteiger partial charge in [-0.2, -0.15) is 5.26 Å². The summed E-state index contributed by atoms with van der Waals surface area (Å²) in [6.45, 7) is 0.713. The number of hydrogen-bond acceptors (Lipinski definition) is 6. The van der Waals surface area contributed by atoms with Crippen molar-refractivity contribution in [3.05, 3.63) is 71.6 Å². The largest absolute Gasteiger partial charge is 0.322 e. The lowest BCUT2D eigenvalue weighted by atomic mass is 9.97. The second-order valence-corrected chi connectivity index (χ2v) is 7.14. The number of benzene rings is 1. The van der Waals surface area contributed by atoms with Crippen LogP contribution in [0.2, 0.25) is 0 Å². The number of ketones is 1. The zero-order valence-corrected chi connectivity index (χ0v) is 16.3. The summed E-state index contributed by atoms with van der Waals surface area (Å²) in [5, 5.41) is 20.9. The number of aryl methyl sites for hydroxylation is 1. The third-order valence-corrected chi connectivity index (χ3v) is 5.12. The second kappa shape index (κ2) is 8.66. The van der Waals surface area contributed by atoms with Crippen LogP contribution in [0.3, 0.4) is 0 Å². The number of Topliss-reactive ketones (excluding diaryl/α,β-unsaturated/α-hetero) is 1. The third kappa shape index (κ3) is 3.96. The SMILES string of the molecule is N#CC(C(=O)c1cccc(NC(=O)c2cccnc2)c1)c1nnc2n1CCCCC2. The van der Waals surface area contributed by atoms with E-state index in [9.17, 15) is 14.9 Å². The first kappa shape index (κ1) is 19.5. The van der Waals surface area contributed by atoms with Crippen molar-refractivity contribution in [2.75, 3.05) is 5.32 Å². The molecular weight excluding hydrogens is 380 g/mol. The molecule has 150 valence electrons. The Morgan fingerprint density at radius 3 is 2.77 bits per heavy atom. The Morgan fingerprint density at radius 1 is 1.10 bits per heavy atom. The number of amides is 1. The molecule has 1 N–H and O–H groups in total. The maximum Gasteiger partial charge on any atom is 0.257 e. The smallest absolute Gasteiger partial charge is 0.257 e. The fourth-order valence-corrected chi connectivity index (χ4v) is 3.57. The molecule has 1 atom stereocenters. The summed E-state index contributed by atoms with van der Waals surface area (Å²) in [4.78, 5) is 29.4. The van der Waals surface area contributed by atoms with Gasteiger partial charge in [-0.25, -0.2) is 0 Å². The van der Waals surface area contributed by atoms with Crippen LogP contribution >= 0.6 is 0 Å². The summed E-state index contributed by atoms with van der Waals surface area (Å²) in [5.41, 5.74) is 1.21. The highest BCUT2D eigenvalue weighted by Gasteiger charge is 2.29. The van der Waals surface area contributed by atoms with Crippen molar-refractivity contribution < 1.29 is 9.59 Å². The summed E-state index contributed by atoms with van der Waals surface area (Å²) in [7, 11) is 0. The highest BCUT2D eigenvalue weighted by atomic mass is 16.1. The molecule has 1 aromatic carbocycles. The van der Waals surface area contributed by atoms with Gasteiger partial charge in [-0.05, 0) is 37.1 Å². The molecule has 0 aliphatic carbocycles. The van der Waals surface area contributed by atoms with Crippen LogP contribution in [0.4, 0.5) is 5.69 Å². The number of nitriles is 1. The van der Waals surface area contributed by atoms with Gasteiger partial charge in [-0.15, -0.1) is 10.2 Å². The minimum absolute atomic E-state index is 0.327. The van der Waals surface area contributed by atoms with Crippen molar-refractivity contribution in [3.8, 4) is 6.07 Å². The molecule has 0 saturated carbocycles. The Morgan fingerprint density at radius 2 is 1.97 bits per heavy atom. The molecule has 0 saturated heterocycles. The number of rotatable bonds is 5. The lowest BCUT2D eigenvalue weighted by Gasteiger charge is -2.12. The van der Waals surface area contributed by atoms with Crippen LogP contribution in [0, 0.1) is 11.3 Å². The Kier molecular flexibility index (Phi) is 5.61. The van der Waals surface area contributed by atoms with Gasteiger partial charge in [0.1, 0.15) is 5.82 Å². The lowest BCUT2D eigenvalue weighted by Crippen LogP contribution is -2.18. The normalized spacial score (nSPS) is 14.1. The van der Waals surface area contributed by atoms with Gasteiger partial charge >= 0.3 is 0 Å². The number of fused-ring (bicyclic) bond motifs is 1. The number of nitrogens with one attached hydrogen (secondary N) is 1. The first-order chi connectivity index (χ1) is 14.7. The van der Waals surface area contributed by atoms with Crippen LogP contribution in [-0.2, 0) is 13.0 Å². The summed E-state index contributed by atoms with van der Waals surface area (Å²) >= 11 is 0. The Hall–Kier alpha value is -3.86. The Bertz CT molecular complexity index is 1120. The minimum Gasteiger partial charge on any atom is -0.322 e. The third-order valence-electron chi connectivity index (χ3n) is 5.12. The molecule has 0 fully saturated rings. The Balaban J connectivity index is 1.57. The van der Waals surface area contributed by atoms with Crippen LogP contribution < -0.4 is 5.32 Å². The quantitative estimate of drug-likeness (QED) is 0.658. The summed E-state index contributed by atoms with van der Waals surface area (Å²) in [6, 6.07) is 12.0. The summed E-state index contributed by atoms with van der Waals surface area (Å²) in [5.74, 6) is -0.521. The van der Waals surface area contributed by atoms with Crippen LogP contribution in [0.5, 0.6) is 0 Å². The topological polar surface area (TPSA) is 114 Å². The van der Waals surface area contributed by atoms with E-state index in [1.807, 2.05) is 4.57 Å². The predicted molar refractivity (Wildman–Crippen MR) is 109 cm³/mol. The molecule has 4 rings (SSSR count). The monoisotopic (exact) mass is 400 g/mol. The van der Waals surface area contributed by atoms with E-state index in [2.05, 4.69) is 26.6 Å². The first-order valence-electron chi connectivity index (χ1n) is 9.84. The molecule has 1 amide bonds. The predicted octanol–water partition coefficient (Wildman–Crippen LogP) is 3.14. The van der Waals surface area contributed by atoms with Crippen molar-refractivity contribution in [1.29, 1.82) is 5.26 Å². The average Bonchev–Trinajstić information content (AvgIpc) is 3.02. The number of pyridine rings is 1. The number of nitrogens with zero attached hydrogens (tertiary/aromatic N) is 5. The van der Waals surface area contributed by atoms with Crippen molar-refractivity contribution in [1.82, 2.24) is 19.7 Å². The molecule has 0 radical (unpaired) electrons. The fraction of sp³-hybridized carbons (Fsp3) is 0.273. The van der Waals surface area contributed by atoms with Crippen molar-refractivity contribution in [2.45, 2.75) is 38.1 Å². The number of hydrogen-bond donors (Lipinski definition) is 1. The van der Waals surface area contributed by atoms with E-state index >= 15 is 0 Å². The van der Waals surface area contributed by atoms with Gasteiger partial charge in [-0.3, -0.25) is 14.6 Å². The van der Waals surface area contributed by atoms with Crippen LogP contribution in [0.25, 0.3) is 0 Å². The van der Waals surface area contributed by atoms with Crippen molar-refractivity contribution in [3.63, 3.8) is 0 Å². The molecular formula is C22H20N6O2. The van der Waals surface area contributed by atoms with Crippen LogP contribution in [-0.4, -0.2) is 31.4 Å². The van der Waals surface area contributed by atoms with Gasteiger partial charge in [0.05, 0.1) is 11.6 Å². The number of anilines is 1. The van der Waals surface area contributed by atoms with Gasteiger partial charge in [0.25, 0.3) is 5.91 Å². The number of carbonyl (C=O) groups is 2. The second-order valence-electron chi connectivity index (χ2n) is 7.14. The summed E-state index contributed by atoms with van der Waals surface area (Å²) < 4.78 is 1.91. The van der Waals surface area contributed by atoms with Gasteiger partial charge in [0, 0.05) is 36.6 Å². The molecule has 3 heterocycles. The van der Waals surface area contributed by atoms with E-state index in [0.717, 1.165) is 31.5 Å². The van der Waals surface area contributed by atoms with E-state index < -0.39 is 5.92 Å². The van der Waals surface area contributed by atoms with Gasteiger partial charge < -0.3 is 9.88 Å². The molecule has 3 aromatic rings. The fourth-order valence-electron chi connectivity index (χ4n) is 3.57. The van der Waals surface area contributed by atoms with E-state index in [4.69, 9.17) is 0 Å². The molecule has 0 spiro atoms. The minimum atomic E-state index is -1.05. The summed E-state index contributed by atoms with van der Waals surface area (Å²) in [6.07, 6.45) is 6.94. The molecule has 0 bridgehead atoms. The molecule has 8 heteroatoms. The molecule has 1 aliphatic heterocycles. The highest BCUT2D eigenvalue weighted by Crippen LogP contribution is 2.24. The highest BCUT2D eigenvalue weighted by molar-refractivity contribution is 6.06. The van der Waals surface area contributed by atoms with Gasteiger partial charge in [0.2, 0.25) is 0 Å². The van der Waals surface area contributed by atoms with E-state index in [1.54, 1.807) is 42.6 Å². The van der Waals surface area contributed by atoms with Gasteiger partial charge in [0.15, 0.2) is 17.5 Å². The first-order valence-corrected chi connectivity index (χ1v) is 9.84.